The minimum Gasteiger partial charge on any atom is -0.372 e. The fourth-order valence-corrected chi connectivity index (χ4v) is 3.52. The third kappa shape index (κ3) is 5.36. The van der Waals surface area contributed by atoms with Crippen LogP contribution < -0.4 is 10.2 Å². The number of nitrogens with one attached hydrogen (secondary N) is 1. The summed E-state index contributed by atoms with van der Waals surface area (Å²) in [6.07, 6.45) is 1.69. The molecule has 9 heteroatoms. The summed E-state index contributed by atoms with van der Waals surface area (Å²) < 4.78 is 31.8. The Hall–Kier alpha value is -2.26. The van der Waals surface area contributed by atoms with E-state index in [2.05, 4.69) is 20.2 Å². The van der Waals surface area contributed by atoms with E-state index in [4.69, 9.17) is 4.74 Å². The van der Waals surface area contributed by atoms with Crippen molar-refractivity contribution < 1.29 is 18.3 Å². The molecule has 1 aromatic heterocycles. The lowest BCUT2D eigenvalue weighted by Gasteiger charge is -2.36. The Morgan fingerprint density at radius 3 is 2.67 bits per heavy atom. The first kappa shape index (κ1) is 19.5. The van der Waals surface area contributed by atoms with Gasteiger partial charge < -0.3 is 15.0 Å². The quantitative estimate of drug-likeness (QED) is 0.621. The number of ether oxygens (including phenoxy) is 1. The summed E-state index contributed by atoms with van der Waals surface area (Å²) in [6, 6.07) is 5.06. The number of hydrogen-bond donors (Lipinski definition) is 1. The normalized spacial score (nSPS) is 19.8. The first-order chi connectivity index (χ1) is 12.9. The molecule has 0 bridgehead atoms. The van der Waals surface area contributed by atoms with E-state index in [-0.39, 0.29) is 29.6 Å². The SMILES string of the molecule is CC1CN(c2cc(SCC(=O)Nc3ccc(F)c(F)c3)ncn2)CC(C)O1. The molecule has 0 saturated carbocycles. The lowest BCUT2D eigenvalue weighted by Crippen LogP contribution is -2.45. The molecule has 0 aliphatic carbocycles. The van der Waals surface area contributed by atoms with Gasteiger partial charge in [0.15, 0.2) is 11.6 Å². The Morgan fingerprint density at radius 1 is 1.22 bits per heavy atom. The Balaban J connectivity index is 1.57. The number of rotatable bonds is 5. The van der Waals surface area contributed by atoms with E-state index in [1.165, 1.54) is 24.2 Å². The van der Waals surface area contributed by atoms with Gasteiger partial charge in [-0.15, -0.1) is 0 Å². The Labute approximate surface area is 160 Å². The van der Waals surface area contributed by atoms with Gasteiger partial charge in [-0.25, -0.2) is 18.7 Å². The van der Waals surface area contributed by atoms with Gasteiger partial charge in [-0.3, -0.25) is 4.79 Å². The molecule has 2 heterocycles. The van der Waals surface area contributed by atoms with Gasteiger partial charge in [0.05, 0.1) is 18.0 Å². The maximum absolute atomic E-state index is 13.2. The molecule has 0 radical (unpaired) electrons. The lowest BCUT2D eigenvalue weighted by atomic mass is 10.2. The van der Waals surface area contributed by atoms with E-state index < -0.39 is 11.6 Å². The van der Waals surface area contributed by atoms with Crippen LogP contribution in [0.5, 0.6) is 0 Å². The molecule has 0 spiro atoms. The van der Waals surface area contributed by atoms with E-state index in [9.17, 15) is 13.6 Å². The van der Waals surface area contributed by atoms with Crippen molar-refractivity contribution in [1.29, 1.82) is 0 Å². The zero-order valence-electron chi connectivity index (χ0n) is 15.0. The molecule has 2 unspecified atom stereocenters. The van der Waals surface area contributed by atoms with Crippen LogP contribution in [0.3, 0.4) is 0 Å². The summed E-state index contributed by atoms with van der Waals surface area (Å²) in [5, 5.41) is 3.19. The second kappa shape index (κ2) is 8.62. The van der Waals surface area contributed by atoms with Crippen molar-refractivity contribution >= 4 is 29.2 Å². The first-order valence-corrected chi connectivity index (χ1v) is 9.49. The Kier molecular flexibility index (Phi) is 6.22. The van der Waals surface area contributed by atoms with Gasteiger partial charge in [-0.1, -0.05) is 11.8 Å². The molecule has 6 nitrogen and oxygen atoms in total. The van der Waals surface area contributed by atoms with Crippen LogP contribution >= 0.6 is 11.8 Å². The highest BCUT2D eigenvalue weighted by molar-refractivity contribution is 7.99. The topological polar surface area (TPSA) is 67.4 Å². The summed E-state index contributed by atoms with van der Waals surface area (Å²) in [7, 11) is 0. The molecular formula is C18H20F2N4O2S. The molecule has 1 saturated heterocycles. The first-order valence-electron chi connectivity index (χ1n) is 8.51. The number of carbonyl (C=O) groups excluding carboxylic acids is 1. The third-order valence-corrected chi connectivity index (χ3v) is 4.85. The molecule has 3 rings (SSSR count). The van der Waals surface area contributed by atoms with Gasteiger partial charge in [-0.2, -0.15) is 0 Å². The number of nitrogens with zero attached hydrogens (tertiary/aromatic N) is 3. The average Bonchev–Trinajstić information content (AvgIpc) is 2.62. The van der Waals surface area contributed by atoms with Gasteiger partial charge in [-0.05, 0) is 26.0 Å². The van der Waals surface area contributed by atoms with Crippen LogP contribution in [0.4, 0.5) is 20.3 Å². The van der Waals surface area contributed by atoms with E-state index in [1.807, 2.05) is 19.9 Å². The van der Waals surface area contributed by atoms with Crippen molar-refractivity contribution in [3.63, 3.8) is 0 Å². The van der Waals surface area contributed by atoms with Crippen LogP contribution in [0.15, 0.2) is 35.6 Å². The molecule has 1 aliphatic rings. The molecule has 1 fully saturated rings. The van der Waals surface area contributed by atoms with E-state index >= 15 is 0 Å². The van der Waals surface area contributed by atoms with Crippen molar-refractivity contribution in [2.75, 3.05) is 29.1 Å². The van der Waals surface area contributed by atoms with Crippen molar-refractivity contribution in [2.24, 2.45) is 0 Å². The largest absolute Gasteiger partial charge is 0.372 e. The number of amides is 1. The lowest BCUT2D eigenvalue weighted by molar-refractivity contribution is -0.113. The van der Waals surface area contributed by atoms with Gasteiger partial charge in [0.1, 0.15) is 17.2 Å². The molecule has 144 valence electrons. The van der Waals surface area contributed by atoms with E-state index in [0.29, 0.717) is 5.03 Å². The summed E-state index contributed by atoms with van der Waals surface area (Å²) >= 11 is 1.25. The Morgan fingerprint density at radius 2 is 1.96 bits per heavy atom. The summed E-state index contributed by atoms with van der Waals surface area (Å²) in [4.78, 5) is 22.7. The van der Waals surface area contributed by atoms with Crippen LogP contribution in [0.1, 0.15) is 13.8 Å². The smallest absolute Gasteiger partial charge is 0.234 e. The fraction of sp³-hybridized carbons (Fsp3) is 0.389. The van der Waals surface area contributed by atoms with Gasteiger partial charge in [0.2, 0.25) is 5.91 Å². The Bertz CT molecular complexity index is 814. The van der Waals surface area contributed by atoms with E-state index in [0.717, 1.165) is 31.0 Å². The minimum absolute atomic E-state index is 0.0887. The second-order valence-electron chi connectivity index (χ2n) is 6.34. The second-order valence-corrected chi connectivity index (χ2v) is 7.34. The molecule has 1 amide bonds. The standard InChI is InChI=1S/C18H20F2N4O2S/c1-11-7-24(8-12(2)26-11)16-6-18(22-10-21-16)27-9-17(25)23-13-3-4-14(19)15(20)5-13/h3-6,10-12H,7-9H2,1-2H3,(H,23,25). The number of benzene rings is 1. The number of carbonyl (C=O) groups is 1. The van der Waals surface area contributed by atoms with Gasteiger partial charge >= 0.3 is 0 Å². The molecule has 2 aromatic rings. The highest BCUT2D eigenvalue weighted by Crippen LogP contribution is 2.23. The number of anilines is 2. The molecule has 1 aliphatic heterocycles. The number of hydrogen-bond acceptors (Lipinski definition) is 6. The predicted molar refractivity (Wildman–Crippen MR) is 100.0 cm³/mol. The van der Waals surface area contributed by atoms with Gasteiger partial charge in [0, 0.05) is 30.9 Å². The molecule has 2 atom stereocenters. The zero-order valence-corrected chi connectivity index (χ0v) is 15.8. The number of morpholine rings is 1. The number of thioether (sulfide) groups is 1. The number of aromatic nitrogens is 2. The van der Waals surface area contributed by atoms with Crippen LogP contribution in [0.25, 0.3) is 0 Å². The maximum Gasteiger partial charge on any atom is 0.234 e. The minimum atomic E-state index is -1.00. The highest BCUT2D eigenvalue weighted by Gasteiger charge is 2.23. The number of halogens is 2. The molecular weight excluding hydrogens is 374 g/mol. The van der Waals surface area contributed by atoms with Crippen molar-refractivity contribution in [3.05, 3.63) is 42.2 Å². The zero-order chi connectivity index (χ0) is 19.4. The summed E-state index contributed by atoms with van der Waals surface area (Å²) in [5.41, 5.74) is 0.208. The molecule has 1 N–H and O–H groups in total. The van der Waals surface area contributed by atoms with Crippen molar-refractivity contribution in [3.8, 4) is 0 Å². The monoisotopic (exact) mass is 394 g/mol. The molecule has 27 heavy (non-hydrogen) atoms. The highest BCUT2D eigenvalue weighted by atomic mass is 32.2. The summed E-state index contributed by atoms with van der Waals surface area (Å²) in [5.74, 6) is -1.42. The van der Waals surface area contributed by atoms with Crippen LogP contribution in [0.2, 0.25) is 0 Å². The van der Waals surface area contributed by atoms with Crippen molar-refractivity contribution in [1.82, 2.24) is 9.97 Å². The van der Waals surface area contributed by atoms with E-state index in [1.54, 1.807) is 0 Å². The third-order valence-electron chi connectivity index (χ3n) is 3.93. The van der Waals surface area contributed by atoms with Crippen molar-refractivity contribution in [2.45, 2.75) is 31.1 Å². The van der Waals surface area contributed by atoms with Gasteiger partial charge in [0.25, 0.3) is 0 Å². The maximum atomic E-state index is 13.2. The van der Waals surface area contributed by atoms with Crippen LogP contribution in [-0.4, -0.2) is 46.9 Å². The average molecular weight is 394 g/mol. The fourth-order valence-electron chi connectivity index (χ4n) is 2.86. The predicted octanol–water partition coefficient (Wildman–Crippen LogP) is 3.10. The summed E-state index contributed by atoms with van der Waals surface area (Å²) in [6.45, 7) is 5.51. The van der Waals surface area contributed by atoms with Crippen LogP contribution in [0, 0.1) is 11.6 Å². The van der Waals surface area contributed by atoms with Crippen LogP contribution in [-0.2, 0) is 9.53 Å². The molecule has 1 aromatic carbocycles.